The van der Waals surface area contributed by atoms with E-state index in [1.807, 2.05) is 30.3 Å². The molecule has 1 saturated heterocycles. The number of amides is 2. The van der Waals surface area contributed by atoms with Crippen molar-refractivity contribution in [3.05, 3.63) is 102 Å². The molecule has 2 N–H and O–H groups in total. The van der Waals surface area contributed by atoms with Gasteiger partial charge in [0.25, 0.3) is 11.7 Å². The van der Waals surface area contributed by atoms with Crippen LogP contribution in [-0.2, 0) is 14.4 Å². The Morgan fingerprint density at radius 3 is 2.03 bits per heavy atom. The van der Waals surface area contributed by atoms with Gasteiger partial charge in [-0.15, -0.1) is 0 Å². The number of ketones is 1. The van der Waals surface area contributed by atoms with E-state index < -0.39 is 17.7 Å². The zero-order valence-corrected chi connectivity index (χ0v) is 16.8. The SMILES string of the molecule is CC(=O)Nc1ccc(N2C(=O)C(=O)C(=C(O)c3ccccc3)[C@@H]2c2ccccc2)cc1. The van der Waals surface area contributed by atoms with E-state index in [9.17, 15) is 19.5 Å². The van der Waals surface area contributed by atoms with E-state index >= 15 is 0 Å². The van der Waals surface area contributed by atoms with Crippen LogP contribution >= 0.6 is 0 Å². The van der Waals surface area contributed by atoms with Crippen LogP contribution in [0.5, 0.6) is 0 Å². The normalized spacial score (nSPS) is 17.6. The molecular formula is C25H20N2O4. The standard InChI is InChI=1S/C25H20N2O4/c1-16(28)26-19-12-14-20(15-13-19)27-22(17-8-4-2-5-9-17)21(24(30)25(27)31)23(29)18-10-6-3-7-11-18/h2-15,22,29H,1H3,(H,26,28)/t22-/m0/s1. The molecule has 0 aromatic heterocycles. The highest BCUT2D eigenvalue weighted by atomic mass is 16.3. The quantitative estimate of drug-likeness (QED) is 0.381. The highest BCUT2D eigenvalue weighted by Crippen LogP contribution is 2.42. The van der Waals surface area contributed by atoms with Crippen molar-refractivity contribution in [2.24, 2.45) is 0 Å². The summed E-state index contributed by atoms with van der Waals surface area (Å²) in [5.41, 5.74) is 2.26. The average molecular weight is 412 g/mol. The number of hydrogen-bond donors (Lipinski definition) is 2. The van der Waals surface area contributed by atoms with Gasteiger partial charge in [0.2, 0.25) is 5.91 Å². The summed E-state index contributed by atoms with van der Waals surface area (Å²) in [4.78, 5) is 38.8. The number of nitrogens with zero attached hydrogens (tertiary/aromatic N) is 1. The van der Waals surface area contributed by atoms with E-state index in [2.05, 4.69) is 5.32 Å². The average Bonchev–Trinajstić information content (AvgIpc) is 3.05. The Bertz CT molecular complexity index is 1170. The Hall–Kier alpha value is -4.19. The van der Waals surface area contributed by atoms with Crippen molar-refractivity contribution in [2.45, 2.75) is 13.0 Å². The lowest BCUT2D eigenvalue weighted by Crippen LogP contribution is -2.29. The second kappa shape index (κ2) is 8.28. The highest BCUT2D eigenvalue weighted by Gasteiger charge is 2.46. The van der Waals surface area contributed by atoms with Crippen molar-refractivity contribution >= 4 is 34.7 Å². The number of rotatable bonds is 4. The Morgan fingerprint density at radius 2 is 1.45 bits per heavy atom. The van der Waals surface area contributed by atoms with Crippen LogP contribution in [0.3, 0.4) is 0 Å². The van der Waals surface area contributed by atoms with Gasteiger partial charge in [-0.05, 0) is 29.8 Å². The van der Waals surface area contributed by atoms with E-state index in [1.165, 1.54) is 11.8 Å². The summed E-state index contributed by atoms with van der Waals surface area (Å²) in [5.74, 6) is -1.90. The molecule has 2 amide bonds. The van der Waals surface area contributed by atoms with Gasteiger partial charge < -0.3 is 10.4 Å². The lowest BCUT2D eigenvalue weighted by Gasteiger charge is -2.25. The molecule has 3 aromatic carbocycles. The van der Waals surface area contributed by atoms with E-state index in [4.69, 9.17) is 0 Å². The van der Waals surface area contributed by atoms with Gasteiger partial charge in [0.15, 0.2) is 0 Å². The fraction of sp³-hybridized carbons (Fsp3) is 0.0800. The molecule has 0 spiro atoms. The third kappa shape index (κ3) is 3.83. The molecule has 3 aromatic rings. The van der Waals surface area contributed by atoms with Crippen LogP contribution < -0.4 is 10.2 Å². The van der Waals surface area contributed by atoms with Crippen LogP contribution in [-0.4, -0.2) is 22.7 Å². The van der Waals surface area contributed by atoms with E-state index in [0.29, 0.717) is 22.5 Å². The Balaban J connectivity index is 1.86. The lowest BCUT2D eigenvalue weighted by atomic mass is 9.95. The summed E-state index contributed by atoms with van der Waals surface area (Å²) in [6, 6.07) is 23.7. The highest BCUT2D eigenvalue weighted by molar-refractivity contribution is 6.51. The summed E-state index contributed by atoms with van der Waals surface area (Å²) in [7, 11) is 0. The molecule has 4 rings (SSSR count). The summed E-state index contributed by atoms with van der Waals surface area (Å²) in [6.07, 6.45) is 0. The number of anilines is 2. The predicted molar refractivity (Wildman–Crippen MR) is 118 cm³/mol. The van der Waals surface area contributed by atoms with Crippen LogP contribution in [0.1, 0.15) is 24.1 Å². The summed E-state index contributed by atoms with van der Waals surface area (Å²) < 4.78 is 0. The third-order valence-corrected chi connectivity index (χ3v) is 5.07. The first kappa shape index (κ1) is 20.1. The van der Waals surface area contributed by atoms with Gasteiger partial charge in [0.1, 0.15) is 5.76 Å². The fourth-order valence-corrected chi connectivity index (χ4v) is 3.71. The molecule has 6 heteroatoms. The minimum atomic E-state index is -0.784. The van der Waals surface area contributed by atoms with Gasteiger partial charge >= 0.3 is 0 Å². The van der Waals surface area contributed by atoms with Crippen LogP contribution in [0, 0.1) is 0 Å². The second-order valence-corrected chi connectivity index (χ2v) is 7.17. The molecule has 1 fully saturated rings. The maximum atomic E-state index is 13.1. The number of aliphatic hydroxyl groups excluding tert-OH is 1. The van der Waals surface area contributed by atoms with Gasteiger partial charge in [-0.1, -0.05) is 60.7 Å². The molecule has 0 saturated carbocycles. The first-order chi connectivity index (χ1) is 15.0. The summed E-state index contributed by atoms with van der Waals surface area (Å²) >= 11 is 0. The van der Waals surface area contributed by atoms with E-state index in [0.717, 1.165) is 0 Å². The smallest absolute Gasteiger partial charge is 0.300 e. The van der Waals surface area contributed by atoms with Gasteiger partial charge in [-0.25, -0.2) is 0 Å². The first-order valence-corrected chi connectivity index (χ1v) is 9.76. The fourth-order valence-electron chi connectivity index (χ4n) is 3.71. The topological polar surface area (TPSA) is 86.7 Å². The predicted octanol–water partition coefficient (Wildman–Crippen LogP) is 4.27. The number of aliphatic hydroxyl groups is 1. The Morgan fingerprint density at radius 1 is 0.871 bits per heavy atom. The maximum Gasteiger partial charge on any atom is 0.300 e. The van der Waals surface area contributed by atoms with Gasteiger partial charge in [0, 0.05) is 23.9 Å². The van der Waals surface area contributed by atoms with Crippen LogP contribution in [0.25, 0.3) is 5.76 Å². The zero-order chi connectivity index (χ0) is 22.0. The molecule has 1 aliphatic rings. The number of nitrogens with one attached hydrogen (secondary N) is 1. The van der Waals surface area contributed by atoms with Crippen molar-refractivity contribution in [2.75, 3.05) is 10.2 Å². The number of carbonyl (C=O) groups excluding carboxylic acids is 3. The molecule has 31 heavy (non-hydrogen) atoms. The van der Waals surface area contributed by atoms with E-state index in [-0.39, 0.29) is 17.2 Å². The van der Waals surface area contributed by atoms with Crippen molar-refractivity contribution < 1.29 is 19.5 Å². The molecule has 0 radical (unpaired) electrons. The second-order valence-electron chi connectivity index (χ2n) is 7.17. The number of hydrogen-bond acceptors (Lipinski definition) is 4. The monoisotopic (exact) mass is 412 g/mol. The lowest BCUT2D eigenvalue weighted by molar-refractivity contribution is -0.132. The molecule has 0 aliphatic carbocycles. The van der Waals surface area contributed by atoms with Crippen molar-refractivity contribution in [1.82, 2.24) is 0 Å². The molecule has 6 nitrogen and oxygen atoms in total. The summed E-state index contributed by atoms with van der Waals surface area (Å²) in [5, 5.41) is 13.7. The zero-order valence-electron chi connectivity index (χ0n) is 16.8. The third-order valence-electron chi connectivity index (χ3n) is 5.07. The molecule has 0 unspecified atom stereocenters. The largest absolute Gasteiger partial charge is 0.507 e. The first-order valence-electron chi connectivity index (χ1n) is 9.76. The number of carbonyl (C=O) groups is 3. The van der Waals surface area contributed by atoms with Gasteiger partial charge in [-0.3, -0.25) is 19.3 Å². The Kier molecular flexibility index (Phi) is 5.37. The molecule has 1 heterocycles. The van der Waals surface area contributed by atoms with Crippen molar-refractivity contribution in [1.29, 1.82) is 0 Å². The van der Waals surface area contributed by atoms with Gasteiger partial charge in [-0.2, -0.15) is 0 Å². The number of Topliss-reactive ketones (excluding diaryl/α,β-unsaturated/α-hetero) is 1. The molecule has 1 aliphatic heterocycles. The van der Waals surface area contributed by atoms with Crippen molar-refractivity contribution in [3.8, 4) is 0 Å². The molecule has 0 bridgehead atoms. The van der Waals surface area contributed by atoms with Gasteiger partial charge in [0.05, 0.1) is 11.6 Å². The molecule has 154 valence electrons. The van der Waals surface area contributed by atoms with Crippen LogP contribution in [0.15, 0.2) is 90.5 Å². The minimum Gasteiger partial charge on any atom is -0.507 e. The van der Waals surface area contributed by atoms with Crippen LogP contribution in [0.2, 0.25) is 0 Å². The Labute approximate surface area is 179 Å². The summed E-state index contributed by atoms with van der Waals surface area (Å²) in [6.45, 7) is 1.41. The number of benzene rings is 3. The molecular weight excluding hydrogens is 392 g/mol. The van der Waals surface area contributed by atoms with E-state index in [1.54, 1.807) is 54.6 Å². The van der Waals surface area contributed by atoms with Crippen LogP contribution in [0.4, 0.5) is 11.4 Å². The minimum absolute atomic E-state index is 0.0355. The maximum absolute atomic E-state index is 13.1. The molecule has 1 atom stereocenters. The van der Waals surface area contributed by atoms with Crippen molar-refractivity contribution in [3.63, 3.8) is 0 Å².